The van der Waals surface area contributed by atoms with Gasteiger partial charge in [-0.2, -0.15) is 13.2 Å². The van der Waals surface area contributed by atoms with E-state index in [1.165, 1.54) is 12.6 Å². The summed E-state index contributed by atoms with van der Waals surface area (Å²) in [4.78, 5) is 6.18. The molecule has 3 nitrogen and oxygen atoms in total. The summed E-state index contributed by atoms with van der Waals surface area (Å²) in [6.45, 7) is 1.19. The Morgan fingerprint density at radius 1 is 1.24 bits per heavy atom. The van der Waals surface area contributed by atoms with E-state index >= 15 is 0 Å². The molecule has 1 aliphatic carbocycles. The molecule has 0 aromatic carbocycles. The van der Waals surface area contributed by atoms with Crippen LogP contribution in [0.4, 0.5) is 19.0 Å². The first-order valence-corrected chi connectivity index (χ1v) is 7.52. The molecule has 6 heteroatoms. The lowest BCUT2D eigenvalue weighted by Gasteiger charge is -2.35. The molecule has 1 aromatic heterocycles. The van der Waals surface area contributed by atoms with Crippen LogP contribution in [-0.2, 0) is 6.18 Å². The average molecular weight is 301 g/mol. The van der Waals surface area contributed by atoms with Crippen LogP contribution in [0.15, 0.2) is 18.3 Å². The molecule has 2 rings (SSSR count). The molecule has 0 saturated heterocycles. The average Bonchev–Trinajstić information content (AvgIpc) is 2.48. The molecule has 1 saturated carbocycles. The predicted octanol–water partition coefficient (Wildman–Crippen LogP) is 3.59. The van der Waals surface area contributed by atoms with Crippen LogP contribution >= 0.6 is 0 Å². The fourth-order valence-corrected chi connectivity index (χ4v) is 2.89. The van der Waals surface area contributed by atoms with Crippen molar-refractivity contribution in [3.05, 3.63) is 23.9 Å². The maximum absolute atomic E-state index is 12.9. The van der Waals surface area contributed by atoms with E-state index < -0.39 is 11.7 Å². The maximum atomic E-state index is 12.9. The summed E-state index contributed by atoms with van der Waals surface area (Å²) in [5, 5.41) is 0. The SMILES string of the molecule is NCCCN(c1cc(C(F)(F)F)ccn1)C1CCCCC1. The van der Waals surface area contributed by atoms with Gasteiger partial charge in [-0.25, -0.2) is 4.98 Å². The van der Waals surface area contributed by atoms with E-state index in [-0.39, 0.29) is 6.04 Å². The summed E-state index contributed by atoms with van der Waals surface area (Å²) >= 11 is 0. The topological polar surface area (TPSA) is 42.1 Å². The molecular weight excluding hydrogens is 279 g/mol. The van der Waals surface area contributed by atoms with Gasteiger partial charge in [0.25, 0.3) is 0 Å². The second-order valence-corrected chi connectivity index (χ2v) is 5.53. The molecule has 0 spiro atoms. The van der Waals surface area contributed by atoms with Crippen LogP contribution in [0.3, 0.4) is 0 Å². The number of hydrogen-bond acceptors (Lipinski definition) is 3. The zero-order chi connectivity index (χ0) is 15.3. The van der Waals surface area contributed by atoms with E-state index in [4.69, 9.17) is 5.73 Å². The minimum atomic E-state index is -4.33. The number of nitrogens with zero attached hydrogens (tertiary/aromatic N) is 2. The van der Waals surface area contributed by atoms with Crippen LogP contribution in [0.2, 0.25) is 0 Å². The molecule has 0 aliphatic heterocycles. The van der Waals surface area contributed by atoms with Gasteiger partial charge in [0.05, 0.1) is 5.56 Å². The lowest BCUT2D eigenvalue weighted by Crippen LogP contribution is -2.39. The molecule has 0 radical (unpaired) electrons. The van der Waals surface area contributed by atoms with Gasteiger partial charge in [-0.1, -0.05) is 19.3 Å². The summed E-state index contributed by atoms with van der Waals surface area (Å²) in [6.07, 6.45) is 3.17. The van der Waals surface area contributed by atoms with Gasteiger partial charge in [-0.05, 0) is 37.9 Å². The van der Waals surface area contributed by atoms with E-state index in [2.05, 4.69) is 4.98 Å². The van der Waals surface area contributed by atoms with E-state index in [1.54, 1.807) is 0 Å². The minimum Gasteiger partial charge on any atom is -0.354 e. The molecular formula is C15H22F3N3. The van der Waals surface area contributed by atoms with Crippen molar-refractivity contribution in [3.8, 4) is 0 Å². The molecule has 0 bridgehead atoms. The lowest BCUT2D eigenvalue weighted by atomic mass is 9.94. The smallest absolute Gasteiger partial charge is 0.354 e. The first-order valence-electron chi connectivity index (χ1n) is 7.52. The monoisotopic (exact) mass is 301 g/mol. The number of pyridine rings is 1. The zero-order valence-electron chi connectivity index (χ0n) is 12.1. The summed E-state index contributed by atoms with van der Waals surface area (Å²) in [7, 11) is 0. The summed E-state index contributed by atoms with van der Waals surface area (Å²) < 4.78 is 38.6. The molecule has 0 unspecified atom stereocenters. The highest BCUT2D eigenvalue weighted by atomic mass is 19.4. The van der Waals surface area contributed by atoms with Crippen molar-refractivity contribution in [2.75, 3.05) is 18.0 Å². The predicted molar refractivity (Wildman–Crippen MR) is 77.1 cm³/mol. The second kappa shape index (κ2) is 7.11. The number of rotatable bonds is 5. The van der Waals surface area contributed by atoms with Crippen molar-refractivity contribution in [2.24, 2.45) is 5.73 Å². The van der Waals surface area contributed by atoms with E-state index in [0.717, 1.165) is 44.2 Å². The number of anilines is 1. The summed E-state index contributed by atoms with van der Waals surface area (Å²) in [5.74, 6) is 0.421. The molecule has 0 atom stereocenters. The van der Waals surface area contributed by atoms with Crippen molar-refractivity contribution in [1.82, 2.24) is 4.98 Å². The Labute approximate surface area is 123 Å². The number of aromatic nitrogens is 1. The number of alkyl halides is 3. The quantitative estimate of drug-likeness (QED) is 0.903. The van der Waals surface area contributed by atoms with Crippen LogP contribution < -0.4 is 10.6 Å². The number of hydrogen-bond donors (Lipinski definition) is 1. The first kappa shape index (κ1) is 16.1. The number of nitrogens with two attached hydrogens (primary N) is 1. The lowest BCUT2D eigenvalue weighted by molar-refractivity contribution is -0.137. The third-order valence-corrected chi connectivity index (χ3v) is 3.99. The van der Waals surface area contributed by atoms with Gasteiger partial charge in [-0.3, -0.25) is 0 Å². The van der Waals surface area contributed by atoms with Crippen LogP contribution in [-0.4, -0.2) is 24.1 Å². The van der Waals surface area contributed by atoms with Crippen molar-refractivity contribution in [1.29, 1.82) is 0 Å². The van der Waals surface area contributed by atoms with Crippen molar-refractivity contribution in [2.45, 2.75) is 50.7 Å². The molecule has 118 valence electrons. The fraction of sp³-hybridized carbons (Fsp3) is 0.667. The Morgan fingerprint density at radius 2 is 1.95 bits per heavy atom. The van der Waals surface area contributed by atoms with Crippen molar-refractivity contribution >= 4 is 5.82 Å². The maximum Gasteiger partial charge on any atom is 0.416 e. The largest absolute Gasteiger partial charge is 0.416 e. The Kier molecular flexibility index (Phi) is 5.45. The van der Waals surface area contributed by atoms with E-state index in [1.807, 2.05) is 4.90 Å². The molecule has 2 N–H and O–H groups in total. The van der Waals surface area contributed by atoms with Crippen molar-refractivity contribution < 1.29 is 13.2 Å². The molecule has 1 heterocycles. The summed E-state index contributed by atoms with van der Waals surface area (Å²) in [6, 6.07) is 2.46. The van der Waals surface area contributed by atoms with Gasteiger partial charge in [0.2, 0.25) is 0 Å². The second-order valence-electron chi connectivity index (χ2n) is 5.53. The Bertz CT molecular complexity index is 442. The molecule has 21 heavy (non-hydrogen) atoms. The van der Waals surface area contributed by atoms with Crippen LogP contribution in [0.1, 0.15) is 44.1 Å². The normalized spacial score (nSPS) is 17.0. The van der Waals surface area contributed by atoms with Crippen LogP contribution in [0, 0.1) is 0 Å². The molecule has 1 aromatic rings. The van der Waals surface area contributed by atoms with Gasteiger partial charge >= 0.3 is 6.18 Å². The first-order chi connectivity index (χ1) is 10.0. The molecule has 1 fully saturated rings. The van der Waals surface area contributed by atoms with Crippen LogP contribution in [0.5, 0.6) is 0 Å². The zero-order valence-corrected chi connectivity index (χ0v) is 12.1. The molecule has 1 aliphatic rings. The highest BCUT2D eigenvalue weighted by Gasteiger charge is 2.32. The summed E-state index contributed by atoms with van der Waals surface area (Å²) in [5.41, 5.74) is 4.92. The standard InChI is InChI=1S/C15H22F3N3/c16-15(17,18)12-7-9-20-14(11-12)21(10-4-8-19)13-5-2-1-3-6-13/h7,9,11,13H,1-6,8,10,19H2. The Morgan fingerprint density at radius 3 is 2.57 bits per heavy atom. The molecule has 0 amide bonds. The van der Waals surface area contributed by atoms with Gasteiger partial charge in [-0.15, -0.1) is 0 Å². The highest BCUT2D eigenvalue weighted by molar-refractivity contribution is 5.43. The van der Waals surface area contributed by atoms with E-state index in [0.29, 0.717) is 18.9 Å². The van der Waals surface area contributed by atoms with Gasteiger partial charge in [0.15, 0.2) is 0 Å². The number of halogens is 3. The third-order valence-electron chi connectivity index (χ3n) is 3.99. The highest BCUT2D eigenvalue weighted by Crippen LogP contribution is 2.32. The minimum absolute atomic E-state index is 0.279. The van der Waals surface area contributed by atoms with Crippen LogP contribution in [0.25, 0.3) is 0 Å². The van der Waals surface area contributed by atoms with E-state index in [9.17, 15) is 13.2 Å². The fourth-order valence-electron chi connectivity index (χ4n) is 2.89. The Balaban J connectivity index is 2.22. The van der Waals surface area contributed by atoms with Gasteiger partial charge in [0.1, 0.15) is 5.82 Å². The Hall–Kier alpha value is -1.30. The van der Waals surface area contributed by atoms with Gasteiger partial charge in [0, 0.05) is 18.8 Å². The van der Waals surface area contributed by atoms with Crippen molar-refractivity contribution in [3.63, 3.8) is 0 Å². The van der Waals surface area contributed by atoms with Gasteiger partial charge < -0.3 is 10.6 Å². The third kappa shape index (κ3) is 4.33.